The number of hydrogen-bond acceptors (Lipinski definition) is 2. The van der Waals surface area contributed by atoms with E-state index < -0.39 is 0 Å². The first-order valence-corrected chi connectivity index (χ1v) is 11.0. The second-order valence-electron chi connectivity index (χ2n) is 9.77. The van der Waals surface area contributed by atoms with Gasteiger partial charge in [-0.15, -0.1) is 0 Å². The highest BCUT2D eigenvalue weighted by molar-refractivity contribution is 6.04. The highest BCUT2D eigenvalue weighted by atomic mass is 16.2. The molecule has 0 radical (unpaired) electrons. The smallest absolute Gasteiger partial charge is 0.254 e. The van der Waals surface area contributed by atoms with Gasteiger partial charge in [-0.25, -0.2) is 0 Å². The van der Waals surface area contributed by atoms with Gasteiger partial charge in [0.1, 0.15) is 0 Å². The maximum Gasteiger partial charge on any atom is 0.254 e. The van der Waals surface area contributed by atoms with Crippen molar-refractivity contribution < 1.29 is 9.59 Å². The van der Waals surface area contributed by atoms with Gasteiger partial charge in [0.25, 0.3) is 11.8 Å². The van der Waals surface area contributed by atoms with Gasteiger partial charge in [-0.2, -0.15) is 0 Å². The van der Waals surface area contributed by atoms with E-state index in [1.54, 1.807) is 4.90 Å². The number of nitrogens with zero attached hydrogens (tertiary/aromatic N) is 2. The molecule has 1 saturated heterocycles. The van der Waals surface area contributed by atoms with Crippen LogP contribution in [0, 0.1) is 5.41 Å². The van der Waals surface area contributed by atoms with Crippen LogP contribution in [0.15, 0.2) is 54.6 Å². The minimum atomic E-state index is 0.0866. The van der Waals surface area contributed by atoms with E-state index in [-0.39, 0.29) is 17.2 Å². The Kier molecular flexibility index (Phi) is 4.62. The zero-order valence-electron chi connectivity index (χ0n) is 18.4. The van der Waals surface area contributed by atoms with Crippen molar-refractivity contribution in [3.8, 4) is 11.1 Å². The number of likely N-dealkylation sites (tertiary alicyclic amines) is 1. The Morgan fingerprint density at radius 3 is 2.65 bits per heavy atom. The van der Waals surface area contributed by atoms with Crippen molar-refractivity contribution in [2.45, 2.75) is 33.2 Å². The molecule has 0 atom stereocenters. The first-order chi connectivity index (χ1) is 14.8. The van der Waals surface area contributed by atoms with E-state index in [1.165, 1.54) is 6.42 Å². The second-order valence-corrected chi connectivity index (χ2v) is 9.77. The van der Waals surface area contributed by atoms with Crippen LogP contribution in [0.5, 0.6) is 0 Å². The molecule has 0 saturated carbocycles. The van der Waals surface area contributed by atoms with Crippen molar-refractivity contribution in [3.63, 3.8) is 0 Å². The number of carbonyl (C=O) groups is 2. The zero-order valence-corrected chi connectivity index (χ0v) is 18.4. The van der Waals surface area contributed by atoms with Crippen molar-refractivity contribution in [3.05, 3.63) is 71.3 Å². The lowest BCUT2D eigenvalue weighted by Gasteiger charge is -2.38. The van der Waals surface area contributed by atoms with Gasteiger partial charge in [-0.1, -0.05) is 44.2 Å². The topological polar surface area (TPSA) is 40.6 Å². The van der Waals surface area contributed by atoms with Gasteiger partial charge in [0, 0.05) is 37.8 Å². The quantitative estimate of drug-likeness (QED) is 0.569. The van der Waals surface area contributed by atoms with Crippen LogP contribution < -0.4 is 0 Å². The van der Waals surface area contributed by atoms with Crippen LogP contribution in [0.25, 0.3) is 21.9 Å². The monoisotopic (exact) mass is 412 g/mol. The predicted molar refractivity (Wildman–Crippen MR) is 124 cm³/mol. The highest BCUT2D eigenvalue weighted by Gasteiger charge is 2.29. The SMILES string of the molecule is CN1Cc2cc(-c3cccc4cc(C(=O)N5CCCC(C)(C)C5)ccc34)ccc2C1=O. The number of carbonyl (C=O) groups excluding carboxylic acids is 2. The summed E-state index contributed by atoms with van der Waals surface area (Å²) < 4.78 is 0. The molecular formula is C27H28N2O2. The van der Waals surface area contributed by atoms with Crippen molar-refractivity contribution in [2.24, 2.45) is 5.41 Å². The van der Waals surface area contributed by atoms with E-state index in [0.717, 1.165) is 58.1 Å². The normalized spacial score (nSPS) is 17.8. The minimum absolute atomic E-state index is 0.0866. The van der Waals surface area contributed by atoms with Gasteiger partial charge in [0.15, 0.2) is 0 Å². The van der Waals surface area contributed by atoms with Crippen LogP contribution in [0.2, 0.25) is 0 Å². The number of hydrogen-bond donors (Lipinski definition) is 0. The molecule has 4 heteroatoms. The van der Waals surface area contributed by atoms with Crippen molar-refractivity contribution in [1.29, 1.82) is 0 Å². The molecule has 5 rings (SSSR count). The number of piperidine rings is 1. The summed E-state index contributed by atoms with van der Waals surface area (Å²) in [7, 11) is 1.84. The van der Waals surface area contributed by atoms with E-state index in [2.05, 4.69) is 38.1 Å². The molecule has 0 spiro atoms. The van der Waals surface area contributed by atoms with Gasteiger partial charge in [0.05, 0.1) is 0 Å². The Morgan fingerprint density at radius 2 is 1.84 bits per heavy atom. The highest BCUT2D eigenvalue weighted by Crippen LogP contribution is 2.34. The lowest BCUT2D eigenvalue weighted by molar-refractivity contribution is 0.0583. The van der Waals surface area contributed by atoms with Crippen molar-refractivity contribution in [1.82, 2.24) is 9.80 Å². The van der Waals surface area contributed by atoms with Crippen molar-refractivity contribution >= 4 is 22.6 Å². The molecule has 31 heavy (non-hydrogen) atoms. The average Bonchev–Trinajstić information content (AvgIpc) is 3.04. The molecule has 2 amide bonds. The molecule has 0 bridgehead atoms. The summed E-state index contributed by atoms with van der Waals surface area (Å²) in [5.74, 6) is 0.211. The fraction of sp³-hybridized carbons (Fsp3) is 0.333. The van der Waals surface area contributed by atoms with E-state index in [9.17, 15) is 9.59 Å². The fourth-order valence-electron chi connectivity index (χ4n) is 5.08. The standard InChI is InChI=1S/C27H28N2O2/c1-27(2)12-5-13-29(17-27)25(30)20-9-10-23-18(14-20)6-4-7-22(23)19-8-11-24-21(15-19)16-28(3)26(24)31/h4,6-11,14-15H,5,12-13,16-17H2,1-3H3. The summed E-state index contributed by atoms with van der Waals surface area (Å²) in [4.78, 5) is 29.1. The summed E-state index contributed by atoms with van der Waals surface area (Å²) in [6, 6.07) is 18.4. The molecule has 3 aromatic rings. The van der Waals surface area contributed by atoms with E-state index >= 15 is 0 Å². The van der Waals surface area contributed by atoms with Crippen LogP contribution in [0.3, 0.4) is 0 Å². The van der Waals surface area contributed by atoms with Gasteiger partial charge in [-0.05, 0) is 70.0 Å². The van der Waals surface area contributed by atoms with Crippen LogP contribution in [-0.4, -0.2) is 41.8 Å². The Morgan fingerprint density at radius 1 is 1.00 bits per heavy atom. The predicted octanol–water partition coefficient (Wildman–Crippen LogP) is 5.35. The fourth-order valence-corrected chi connectivity index (χ4v) is 5.08. The summed E-state index contributed by atoms with van der Waals surface area (Å²) in [6.07, 6.45) is 2.23. The first kappa shape index (κ1) is 19.8. The summed E-state index contributed by atoms with van der Waals surface area (Å²) >= 11 is 0. The largest absolute Gasteiger partial charge is 0.338 e. The summed E-state index contributed by atoms with van der Waals surface area (Å²) in [5, 5.41) is 2.18. The maximum absolute atomic E-state index is 13.2. The molecule has 158 valence electrons. The molecule has 0 unspecified atom stereocenters. The lowest BCUT2D eigenvalue weighted by atomic mass is 9.84. The molecule has 3 aromatic carbocycles. The summed E-state index contributed by atoms with van der Waals surface area (Å²) in [6.45, 7) is 6.77. The Bertz CT molecular complexity index is 1210. The van der Waals surface area contributed by atoms with Gasteiger partial charge in [0.2, 0.25) is 0 Å². The Balaban J connectivity index is 1.50. The molecule has 4 nitrogen and oxygen atoms in total. The van der Waals surface area contributed by atoms with Crippen LogP contribution in [-0.2, 0) is 6.54 Å². The van der Waals surface area contributed by atoms with Gasteiger partial charge >= 0.3 is 0 Å². The number of fused-ring (bicyclic) bond motifs is 2. The zero-order chi connectivity index (χ0) is 21.8. The van der Waals surface area contributed by atoms with Crippen LogP contribution in [0.4, 0.5) is 0 Å². The van der Waals surface area contributed by atoms with Crippen LogP contribution in [0.1, 0.15) is 53.0 Å². The first-order valence-electron chi connectivity index (χ1n) is 11.0. The van der Waals surface area contributed by atoms with Gasteiger partial charge in [-0.3, -0.25) is 9.59 Å². The maximum atomic E-state index is 13.2. The third kappa shape index (κ3) is 3.50. The van der Waals surface area contributed by atoms with E-state index in [0.29, 0.717) is 6.54 Å². The molecular weight excluding hydrogens is 384 g/mol. The molecule has 2 aliphatic rings. The number of benzene rings is 3. The molecule has 2 heterocycles. The molecule has 1 fully saturated rings. The molecule has 0 N–H and O–H groups in total. The third-order valence-corrected chi connectivity index (χ3v) is 6.72. The minimum Gasteiger partial charge on any atom is -0.338 e. The molecule has 2 aliphatic heterocycles. The Labute approximate surface area is 183 Å². The lowest BCUT2D eigenvalue weighted by Crippen LogP contribution is -2.43. The summed E-state index contributed by atoms with van der Waals surface area (Å²) in [5.41, 5.74) is 5.03. The Hall–Kier alpha value is -3.14. The molecule has 0 aromatic heterocycles. The van der Waals surface area contributed by atoms with E-state index in [1.807, 2.05) is 42.3 Å². The van der Waals surface area contributed by atoms with Gasteiger partial charge < -0.3 is 9.80 Å². The number of rotatable bonds is 2. The van der Waals surface area contributed by atoms with Crippen LogP contribution >= 0.6 is 0 Å². The molecule has 0 aliphatic carbocycles. The number of amides is 2. The van der Waals surface area contributed by atoms with Crippen molar-refractivity contribution in [2.75, 3.05) is 20.1 Å². The third-order valence-electron chi connectivity index (χ3n) is 6.72. The second kappa shape index (κ2) is 7.23. The average molecular weight is 413 g/mol. The van der Waals surface area contributed by atoms with E-state index in [4.69, 9.17) is 0 Å².